The van der Waals surface area contributed by atoms with Crippen molar-refractivity contribution in [2.45, 2.75) is 46.1 Å². The number of hydrogen-bond acceptors (Lipinski definition) is 1. The van der Waals surface area contributed by atoms with Crippen LogP contribution in [0, 0.1) is 23.7 Å². The molecule has 0 radical (unpaired) electrons. The van der Waals surface area contributed by atoms with Crippen molar-refractivity contribution >= 4 is 0 Å². The molecule has 0 heterocycles. The van der Waals surface area contributed by atoms with Gasteiger partial charge in [-0.2, -0.15) is 0 Å². The van der Waals surface area contributed by atoms with E-state index < -0.39 is 0 Å². The summed E-state index contributed by atoms with van der Waals surface area (Å²) in [5.74, 6) is 3.89. The second-order valence-corrected chi connectivity index (χ2v) is 4.89. The fourth-order valence-electron chi connectivity index (χ4n) is 3.52. The maximum Gasteiger partial charge on any atom is 0.0580 e. The molecule has 2 fully saturated rings. The van der Waals surface area contributed by atoms with Gasteiger partial charge >= 0.3 is 0 Å². The third kappa shape index (κ3) is 1.63. The van der Waals surface area contributed by atoms with Crippen molar-refractivity contribution in [2.75, 3.05) is 6.61 Å². The van der Waals surface area contributed by atoms with Crippen molar-refractivity contribution < 1.29 is 4.74 Å². The summed E-state index contributed by atoms with van der Waals surface area (Å²) in [6, 6.07) is 0. The summed E-state index contributed by atoms with van der Waals surface area (Å²) in [5, 5.41) is 0. The number of hydrogen-bond donors (Lipinski definition) is 0. The largest absolute Gasteiger partial charge is 0.378 e. The first-order valence-corrected chi connectivity index (χ1v) is 5.87. The summed E-state index contributed by atoms with van der Waals surface area (Å²) >= 11 is 0. The van der Waals surface area contributed by atoms with E-state index in [9.17, 15) is 0 Å². The lowest BCUT2D eigenvalue weighted by atomic mass is 9.91. The van der Waals surface area contributed by atoms with Gasteiger partial charge in [0.15, 0.2) is 0 Å². The molecule has 2 saturated carbocycles. The molecule has 13 heavy (non-hydrogen) atoms. The van der Waals surface area contributed by atoms with Crippen LogP contribution in [0.2, 0.25) is 0 Å². The van der Waals surface area contributed by atoms with Crippen molar-refractivity contribution in [1.82, 2.24) is 0 Å². The molecule has 0 amide bonds. The highest BCUT2D eigenvalue weighted by atomic mass is 16.5. The SMILES string of the molecule is CCO[C@@H](C)[C@@H]1[C@H]2CCC[C@@H](C)[C@@H]21. The summed E-state index contributed by atoms with van der Waals surface area (Å²) in [5.41, 5.74) is 0. The molecule has 1 nitrogen and oxygen atoms in total. The molecule has 2 aliphatic rings. The van der Waals surface area contributed by atoms with Crippen molar-refractivity contribution in [3.8, 4) is 0 Å². The van der Waals surface area contributed by atoms with Gasteiger partial charge in [0.1, 0.15) is 0 Å². The standard InChI is InChI=1S/C12H22O/c1-4-13-9(3)12-10-7-5-6-8(2)11(10)12/h8-12H,4-7H2,1-3H3/t8-,9+,10+,11+,12-/m1/s1. The highest BCUT2D eigenvalue weighted by Crippen LogP contribution is 2.59. The molecular formula is C12H22O. The minimum atomic E-state index is 0.514. The lowest BCUT2D eigenvalue weighted by Gasteiger charge is -2.15. The van der Waals surface area contributed by atoms with E-state index in [2.05, 4.69) is 20.8 Å². The molecule has 5 atom stereocenters. The third-order valence-corrected chi connectivity index (χ3v) is 4.12. The summed E-state index contributed by atoms with van der Waals surface area (Å²) in [6.45, 7) is 7.67. The third-order valence-electron chi connectivity index (χ3n) is 4.12. The second-order valence-electron chi connectivity index (χ2n) is 4.89. The first-order chi connectivity index (χ1) is 6.25. The number of rotatable bonds is 3. The van der Waals surface area contributed by atoms with E-state index in [0.717, 1.165) is 30.3 Å². The summed E-state index contributed by atoms with van der Waals surface area (Å²) in [4.78, 5) is 0. The number of fused-ring (bicyclic) bond motifs is 1. The summed E-state index contributed by atoms with van der Waals surface area (Å²) < 4.78 is 5.71. The Hall–Kier alpha value is -0.0400. The van der Waals surface area contributed by atoms with Crippen LogP contribution in [0.25, 0.3) is 0 Å². The highest BCUT2D eigenvalue weighted by Gasteiger charge is 2.56. The van der Waals surface area contributed by atoms with E-state index >= 15 is 0 Å². The second kappa shape index (κ2) is 3.61. The van der Waals surface area contributed by atoms with E-state index in [1.165, 1.54) is 19.3 Å². The maximum absolute atomic E-state index is 5.71. The van der Waals surface area contributed by atoms with Crippen molar-refractivity contribution in [3.05, 3.63) is 0 Å². The van der Waals surface area contributed by atoms with Crippen molar-refractivity contribution in [3.63, 3.8) is 0 Å². The molecule has 0 saturated heterocycles. The molecule has 0 unspecified atom stereocenters. The van der Waals surface area contributed by atoms with Crippen LogP contribution in [0.15, 0.2) is 0 Å². The monoisotopic (exact) mass is 182 g/mol. The van der Waals surface area contributed by atoms with Crippen LogP contribution < -0.4 is 0 Å². The topological polar surface area (TPSA) is 9.23 Å². The molecule has 2 aliphatic carbocycles. The molecule has 1 heteroatoms. The molecule has 0 aromatic rings. The van der Waals surface area contributed by atoms with Gasteiger partial charge in [0.05, 0.1) is 6.10 Å². The zero-order valence-corrected chi connectivity index (χ0v) is 9.12. The Morgan fingerprint density at radius 1 is 1.38 bits per heavy atom. The van der Waals surface area contributed by atoms with Gasteiger partial charge in [-0.25, -0.2) is 0 Å². The lowest BCUT2D eigenvalue weighted by molar-refractivity contribution is 0.0528. The Bertz CT molecular complexity index is 178. The fourth-order valence-corrected chi connectivity index (χ4v) is 3.52. The molecule has 0 aromatic carbocycles. The summed E-state index contributed by atoms with van der Waals surface area (Å²) in [7, 11) is 0. The molecule has 0 N–H and O–H groups in total. The Balaban J connectivity index is 1.89. The van der Waals surface area contributed by atoms with Crippen LogP contribution in [0.3, 0.4) is 0 Å². The molecule has 2 rings (SSSR count). The van der Waals surface area contributed by atoms with E-state index in [-0.39, 0.29) is 0 Å². The molecule has 0 bridgehead atoms. The summed E-state index contributed by atoms with van der Waals surface area (Å²) in [6.07, 6.45) is 4.89. The minimum Gasteiger partial charge on any atom is -0.378 e. The lowest BCUT2D eigenvalue weighted by Crippen LogP contribution is -2.13. The molecule has 0 aromatic heterocycles. The van der Waals surface area contributed by atoms with Crippen LogP contribution >= 0.6 is 0 Å². The van der Waals surface area contributed by atoms with Crippen molar-refractivity contribution in [1.29, 1.82) is 0 Å². The van der Waals surface area contributed by atoms with Crippen LogP contribution in [0.4, 0.5) is 0 Å². The van der Waals surface area contributed by atoms with E-state index in [1.807, 2.05) is 0 Å². The molecule has 0 spiro atoms. The zero-order chi connectivity index (χ0) is 9.42. The van der Waals surface area contributed by atoms with Gasteiger partial charge in [-0.3, -0.25) is 0 Å². The predicted molar refractivity (Wildman–Crippen MR) is 54.6 cm³/mol. The van der Waals surface area contributed by atoms with Crippen molar-refractivity contribution in [2.24, 2.45) is 23.7 Å². The smallest absolute Gasteiger partial charge is 0.0580 e. The minimum absolute atomic E-state index is 0.514. The molecule has 76 valence electrons. The normalized spacial score (nSPS) is 45.5. The zero-order valence-electron chi connectivity index (χ0n) is 9.12. The molecule has 0 aliphatic heterocycles. The Morgan fingerprint density at radius 3 is 2.77 bits per heavy atom. The van der Waals surface area contributed by atoms with Gasteiger partial charge in [-0.05, 0) is 43.9 Å². The van der Waals surface area contributed by atoms with Gasteiger partial charge < -0.3 is 4.74 Å². The maximum atomic E-state index is 5.71. The number of ether oxygens (including phenoxy) is 1. The Morgan fingerprint density at radius 2 is 2.15 bits per heavy atom. The van der Waals surface area contributed by atoms with E-state index in [1.54, 1.807) is 0 Å². The average molecular weight is 182 g/mol. The van der Waals surface area contributed by atoms with Crippen LogP contribution in [-0.2, 0) is 4.74 Å². The van der Waals surface area contributed by atoms with Crippen LogP contribution in [0.5, 0.6) is 0 Å². The van der Waals surface area contributed by atoms with Crippen LogP contribution in [-0.4, -0.2) is 12.7 Å². The molecular weight excluding hydrogens is 160 g/mol. The predicted octanol–water partition coefficient (Wildman–Crippen LogP) is 3.09. The fraction of sp³-hybridized carbons (Fsp3) is 1.00. The van der Waals surface area contributed by atoms with Gasteiger partial charge in [0.25, 0.3) is 0 Å². The van der Waals surface area contributed by atoms with E-state index in [4.69, 9.17) is 4.74 Å². The first kappa shape index (κ1) is 9.51. The van der Waals surface area contributed by atoms with E-state index in [0.29, 0.717) is 6.10 Å². The van der Waals surface area contributed by atoms with Gasteiger partial charge in [-0.1, -0.05) is 19.8 Å². The first-order valence-electron chi connectivity index (χ1n) is 5.87. The highest BCUT2D eigenvalue weighted by molar-refractivity contribution is 5.04. The quantitative estimate of drug-likeness (QED) is 0.651. The Labute approximate surface area is 81.9 Å². The van der Waals surface area contributed by atoms with Gasteiger partial charge in [0.2, 0.25) is 0 Å². The Kier molecular flexibility index (Phi) is 2.64. The van der Waals surface area contributed by atoms with Gasteiger partial charge in [-0.15, -0.1) is 0 Å². The van der Waals surface area contributed by atoms with Crippen LogP contribution in [0.1, 0.15) is 40.0 Å². The van der Waals surface area contributed by atoms with Gasteiger partial charge in [0, 0.05) is 6.61 Å². The average Bonchev–Trinajstić information content (AvgIpc) is 2.80.